The molecule has 0 saturated carbocycles. The average molecular weight is 351 g/mol. The molecule has 0 bridgehead atoms. The molecule has 2 aromatic rings. The van der Waals surface area contributed by atoms with E-state index in [4.69, 9.17) is 4.74 Å². The molecule has 1 aromatic heterocycles. The van der Waals surface area contributed by atoms with E-state index in [9.17, 15) is 4.39 Å². The molecule has 0 fully saturated rings. The fraction of sp³-hybridized carbons (Fsp3) is 0.312. The van der Waals surface area contributed by atoms with Crippen molar-refractivity contribution in [2.75, 3.05) is 6.61 Å². The van der Waals surface area contributed by atoms with Gasteiger partial charge in [-0.1, -0.05) is 15.9 Å². The van der Waals surface area contributed by atoms with Crippen LogP contribution in [0, 0.1) is 5.82 Å². The molecule has 1 aliphatic heterocycles. The van der Waals surface area contributed by atoms with Gasteiger partial charge in [0.1, 0.15) is 11.6 Å². The minimum Gasteiger partial charge on any atom is -0.493 e. The van der Waals surface area contributed by atoms with Gasteiger partial charge in [0, 0.05) is 29.0 Å². The second-order valence-electron chi connectivity index (χ2n) is 5.16. The summed E-state index contributed by atoms with van der Waals surface area (Å²) in [6.45, 7) is 3.44. The molecule has 3 nitrogen and oxygen atoms in total. The van der Waals surface area contributed by atoms with Crippen molar-refractivity contribution in [2.24, 2.45) is 0 Å². The molecule has 1 aliphatic rings. The number of rotatable bonds is 4. The summed E-state index contributed by atoms with van der Waals surface area (Å²) in [7, 11) is 0. The lowest BCUT2D eigenvalue weighted by Crippen LogP contribution is -2.19. The van der Waals surface area contributed by atoms with Gasteiger partial charge in [0.25, 0.3) is 0 Å². The second-order valence-corrected chi connectivity index (χ2v) is 6.07. The van der Waals surface area contributed by atoms with E-state index in [0.29, 0.717) is 6.54 Å². The van der Waals surface area contributed by atoms with Crippen molar-refractivity contribution in [3.05, 3.63) is 57.6 Å². The first-order chi connectivity index (χ1) is 10.1. The molecule has 2 heterocycles. The van der Waals surface area contributed by atoms with Crippen LogP contribution in [-0.4, -0.2) is 11.6 Å². The normalized spacial score (nSPS) is 14.6. The van der Waals surface area contributed by atoms with Crippen molar-refractivity contribution in [2.45, 2.75) is 25.9 Å². The Morgan fingerprint density at radius 1 is 1.43 bits per heavy atom. The predicted molar refractivity (Wildman–Crippen MR) is 82.8 cm³/mol. The van der Waals surface area contributed by atoms with Crippen LogP contribution in [0.5, 0.6) is 5.75 Å². The molecule has 0 radical (unpaired) electrons. The molecule has 1 atom stereocenters. The summed E-state index contributed by atoms with van der Waals surface area (Å²) < 4.78 is 19.7. The number of aromatic nitrogens is 1. The van der Waals surface area contributed by atoms with E-state index in [0.717, 1.165) is 34.5 Å². The van der Waals surface area contributed by atoms with Crippen LogP contribution >= 0.6 is 15.9 Å². The maximum Gasteiger partial charge on any atom is 0.141 e. The van der Waals surface area contributed by atoms with Crippen LogP contribution < -0.4 is 10.1 Å². The second kappa shape index (κ2) is 6.12. The highest BCUT2D eigenvalue weighted by Gasteiger charge is 2.18. The van der Waals surface area contributed by atoms with Crippen LogP contribution in [0.2, 0.25) is 0 Å². The minimum absolute atomic E-state index is 0.0432. The topological polar surface area (TPSA) is 34.1 Å². The molecule has 5 heteroatoms. The van der Waals surface area contributed by atoms with Gasteiger partial charge in [0.2, 0.25) is 0 Å². The largest absolute Gasteiger partial charge is 0.493 e. The molecule has 21 heavy (non-hydrogen) atoms. The summed E-state index contributed by atoms with van der Waals surface area (Å²) >= 11 is 3.54. The van der Waals surface area contributed by atoms with Crippen molar-refractivity contribution in [1.82, 2.24) is 10.3 Å². The van der Waals surface area contributed by atoms with E-state index < -0.39 is 0 Å². The van der Waals surface area contributed by atoms with Crippen LogP contribution in [0.25, 0.3) is 0 Å². The zero-order valence-electron chi connectivity index (χ0n) is 11.7. The summed E-state index contributed by atoms with van der Waals surface area (Å²) in [5.74, 6) is 0.675. The van der Waals surface area contributed by atoms with E-state index in [-0.39, 0.29) is 11.9 Å². The summed E-state index contributed by atoms with van der Waals surface area (Å²) in [6.07, 6.45) is 2.20. The van der Waals surface area contributed by atoms with Crippen LogP contribution in [-0.2, 0) is 13.0 Å². The Bertz CT molecular complexity index is 645. The third-order valence-electron chi connectivity index (χ3n) is 3.62. The van der Waals surface area contributed by atoms with Crippen LogP contribution in [0.1, 0.15) is 29.8 Å². The Hall–Kier alpha value is -1.46. The van der Waals surface area contributed by atoms with Crippen LogP contribution in [0.3, 0.4) is 0 Å². The molecule has 1 N–H and O–H groups in total. The van der Waals surface area contributed by atoms with Crippen molar-refractivity contribution in [1.29, 1.82) is 0 Å². The van der Waals surface area contributed by atoms with Gasteiger partial charge >= 0.3 is 0 Å². The fourth-order valence-corrected chi connectivity index (χ4v) is 3.04. The lowest BCUT2D eigenvalue weighted by Gasteiger charge is -2.15. The lowest BCUT2D eigenvalue weighted by molar-refractivity contribution is 0.351. The summed E-state index contributed by atoms with van der Waals surface area (Å²) in [5, 5.41) is 3.41. The molecule has 1 unspecified atom stereocenters. The lowest BCUT2D eigenvalue weighted by atomic mass is 10.1. The molecule has 0 saturated heterocycles. The molecule has 0 spiro atoms. The van der Waals surface area contributed by atoms with Crippen molar-refractivity contribution < 1.29 is 9.13 Å². The maximum atomic E-state index is 12.9. The molecular weight excluding hydrogens is 335 g/mol. The average Bonchev–Trinajstić information content (AvgIpc) is 2.93. The smallest absolute Gasteiger partial charge is 0.141 e. The van der Waals surface area contributed by atoms with E-state index in [1.54, 1.807) is 6.07 Å². The number of hydrogen-bond acceptors (Lipinski definition) is 3. The van der Waals surface area contributed by atoms with Gasteiger partial charge in [-0.05, 0) is 36.8 Å². The highest BCUT2D eigenvalue weighted by atomic mass is 79.9. The van der Waals surface area contributed by atoms with Gasteiger partial charge in [-0.15, -0.1) is 0 Å². The van der Waals surface area contributed by atoms with Crippen LogP contribution in [0.4, 0.5) is 4.39 Å². The van der Waals surface area contributed by atoms with Gasteiger partial charge < -0.3 is 10.1 Å². The number of nitrogens with zero attached hydrogens (tertiary/aromatic N) is 1. The number of nitrogens with one attached hydrogen (secondary N) is 1. The van der Waals surface area contributed by atoms with Crippen molar-refractivity contribution in [3.8, 4) is 5.75 Å². The van der Waals surface area contributed by atoms with Crippen LogP contribution in [0.15, 0.2) is 34.9 Å². The third kappa shape index (κ3) is 3.24. The monoisotopic (exact) mass is 350 g/mol. The molecule has 3 rings (SSSR count). The quantitative estimate of drug-likeness (QED) is 0.911. The number of ether oxygens (including phenoxy) is 1. The van der Waals surface area contributed by atoms with Gasteiger partial charge in [-0.2, -0.15) is 0 Å². The van der Waals surface area contributed by atoms with Gasteiger partial charge in [-0.3, -0.25) is 4.98 Å². The molecule has 0 aliphatic carbocycles. The fourth-order valence-electron chi connectivity index (χ4n) is 2.49. The van der Waals surface area contributed by atoms with Gasteiger partial charge in [0.15, 0.2) is 0 Å². The Kier molecular flexibility index (Phi) is 4.22. The minimum atomic E-state index is -0.316. The van der Waals surface area contributed by atoms with E-state index in [2.05, 4.69) is 38.4 Å². The molecular formula is C16H16BrFN2O. The standard InChI is InChI=1S/C16H16BrFN2O/c1-10(15-3-2-14(18)9-20-15)19-8-12-7-13(17)6-11-4-5-21-16(11)12/h2-3,6-7,9-10,19H,4-5,8H2,1H3. The number of fused-ring (bicyclic) bond motifs is 1. The van der Waals surface area contributed by atoms with Crippen molar-refractivity contribution >= 4 is 15.9 Å². The molecule has 1 aromatic carbocycles. The summed E-state index contributed by atoms with van der Waals surface area (Å²) in [6, 6.07) is 7.36. The Labute approximate surface area is 131 Å². The first-order valence-corrected chi connectivity index (χ1v) is 7.71. The predicted octanol–water partition coefficient (Wildman–Crippen LogP) is 3.77. The zero-order chi connectivity index (χ0) is 14.8. The van der Waals surface area contributed by atoms with E-state index in [1.165, 1.54) is 17.8 Å². The Morgan fingerprint density at radius 2 is 2.29 bits per heavy atom. The highest BCUT2D eigenvalue weighted by molar-refractivity contribution is 9.10. The summed E-state index contributed by atoms with van der Waals surface area (Å²) in [4.78, 5) is 4.10. The SMILES string of the molecule is CC(NCc1cc(Br)cc2c1OCC2)c1ccc(F)cn1. The molecule has 110 valence electrons. The zero-order valence-corrected chi connectivity index (χ0v) is 13.3. The first kappa shape index (κ1) is 14.5. The van der Waals surface area contributed by atoms with Gasteiger partial charge in [-0.25, -0.2) is 4.39 Å². The maximum absolute atomic E-state index is 12.9. The Balaban J connectivity index is 1.72. The molecule has 0 amide bonds. The number of hydrogen-bond donors (Lipinski definition) is 1. The number of halogens is 2. The first-order valence-electron chi connectivity index (χ1n) is 6.92. The number of pyridine rings is 1. The number of benzene rings is 1. The Morgan fingerprint density at radius 3 is 3.05 bits per heavy atom. The summed E-state index contributed by atoms with van der Waals surface area (Å²) in [5.41, 5.74) is 3.20. The highest BCUT2D eigenvalue weighted by Crippen LogP contribution is 2.33. The van der Waals surface area contributed by atoms with E-state index >= 15 is 0 Å². The van der Waals surface area contributed by atoms with Gasteiger partial charge in [0.05, 0.1) is 18.5 Å². The third-order valence-corrected chi connectivity index (χ3v) is 4.08. The van der Waals surface area contributed by atoms with Crippen molar-refractivity contribution in [3.63, 3.8) is 0 Å². The van der Waals surface area contributed by atoms with E-state index in [1.807, 2.05) is 6.92 Å².